The smallest absolute Gasteiger partial charge is 0.127 e. The van der Waals surface area contributed by atoms with Gasteiger partial charge in [0.15, 0.2) is 0 Å². The van der Waals surface area contributed by atoms with Gasteiger partial charge in [-0.2, -0.15) is 5.10 Å². The minimum absolute atomic E-state index is 0.0704. The molecule has 0 saturated carbocycles. The Bertz CT molecular complexity index is 817. The standard InChI is InChI=1S/C20H23N3O4/c1-26-19-7-6-15(12-16(19)14-23-8-10-27-11-9-23)13-21-22-18-5-3-2-4-17(18)20(24)25/h2-7,12-13,22H,8-11,14H2,1H3,(H,24,25)/b21-13+. The topological polar surface area (TPSA) is 87.4 Å². The lowest BCUT2D eigenvalue weighted by Gasteiger charge is -2.24. The number of aromatic carboxylic acids is 1. The lowest BCUT2D eigenvalue weighted by atomic mass is 10.1. The number of ether oxygens (including phenoxy) is 2. The zero-order valence-corrected chi connectivity index (χ0v) is 15.2. The molecule has 0 bridgehead atoms. The highest BCUT2D eigenvalue weighted by Crippen LogP contribution is 2.19. The number of benzene rings is 2. The molecule has 27 heavy (non-hydrogen) atoms. The number of carbonyl (C=O) groups excluding carboxylic acids is 1. The van der Waals surface area contributed by atoms with Crippen molar-refractivity contribution < 1.29 is 24.3 Å². The predicted octanol–water partition coefficient (Wildman–Crippen LogP) is -0.0802. The number of quaternary nitrogens is 1. The van der Waals surface area contributed by atoms with E-state index < -0.39 is 5.97 Å². The summed E-state index contributed by atoms with van der Waals surface area (Å²) in [4.78, 5) is 12.6. The van der Waals surface area contributed by atoms with Crippen LogP contribution in [0.3, 0.4) is 0 Å². The molecule has 0 atom stereocenters. The van der Waals surface area contributed by atoms with Crippen LogP contribution in [0.5, 0.6) is 5.75 Å². The van der Waals surface area contributed by atoms with Crippen molar-refractivity contribution in [2.45, 2.75) is 6.54 Å². The van der Waals surface area contributed by atoms with Gasteiger partial charge in [-0.25, -0.2) is 0 Å². The van der Waals surface area contributed by atoms with Crippen molar-refractivity contribution >= 4 is 17.9 Å². The van der Waals surface area contributed by atoms with Gasteiger partial charge in [0.25, 0.3) is 0 Å². The van der Waals surface area contributed by atoms with Crippen molar-refractivity contribution in [1.82, 2.24) is 0 Å². The summed E-state index contributed by atoms with van der Waals surface area (Å²) in [6.07, 6.45) is 1.66. The van der Waals surface area contributed by atoms with Crippen LogP contribution >= 0.6 is 0 Å². The van der Waals surface area contributed by atoms with E-state index in [1.54, 1.807) is 31.5 Å². The molecule has 0 radical (unpaired) electrons. The summed E-state index contributed by atoms with van der Waals surface area (Å²) in [5.41, 5.74) is 5.23. The molecule has 0 unspecified atom stereocenters. The maximum Gasteiger partial charge on any atom is 0.127 e. The number of methoxy groups -OCH3 is 1. The summed E-state index contributed by atoms with van der Waals surface area (Å²) in [6.45, 7) is 4.36. The van der Waals surface area contributed by atoms with Crippen LogP contribution in [0.1, 0.15) is 21.5 Å². The fourth-order valence-corrected chi connectivity index (χ4v) is 3.06. The van der Waals surface area contributed by atoms with Crippen molar-refractivity contribution in [1.29, 1.82) is 0 Å². The predicted molar refractivity (Wildman–Crippen MR) is 100 cm³/mol. The van der Waals surface area contributed by atoms with Crippen molar-refractivity contribution in [2.75, 3.05) is 38.8 Å². The van der Waals surface area contributed by atoms with Crippen LogP contribution in [0, 0.1) is 0 Å². The number of anilines is 1. The van der Waals surface area contributed by atoms with Gasteiger partial charge in [-0.15, -0.1) is 0 Å². The van der Waals surface area contributed by atoms with E-state index in [9.17, 15) is 9.90 Å². The van der Waals surface area contributed by atoms with Crippen molar-refractivity contribution in [3.63, 3.8) is 0 Å². The number of hydrogen-bond donors (Lipinski definition) is 2. The zero-order chi connectivity index (χ0) is 19.1. The molecule has 7 nitrogen and oxygen atoms in total. The molecule has 3 rings (SSSR count). The molecule has 0 spiro atoms. The van der Waals surface area contributed by atoms with E-state index in [0.717, 1.165) is 49.7 Å². The van der Waals surface area contributed by atoms with Crippen LogP contribution < -0.4 is 20.2 Å². The molecular weight excluding hydrogens is 346 g/mol. The monoisotopic (exact) mass is 369 g/mol. The van der Waals surface area contributed by atoms with Gasteiger partial charge < -0.3 is 24.3 Å². The molecule has 1 saturated heterocycles. The highest BCUT2D eigenvalue weighted by atomic mass is 16.5. The first-order chi connectivity index (χ1) is 13.2. The average molecular weight is 369 g/mol. The number of rotatable bonds is 7. The maximum absolute atomic E-state index is 11.1. The second-order valence-corrected chi connectivity index (χ2v) is 6.31. The Hall–Kier alpha value is -2.90. The first-order valence-electron chi connectivity index (χ1n) is 8.85. The first-order valence-corrected chi connectivity index (χ1v) is 8.85. The molecule has 1 fully saturated rings. The third-order valence-corrected chi connectivity index (χ3v) is 4.49. The number of morpholine rings is 1. The van der Waals surface area contributed by atoms with Gasteiger partial charge in [-0.1, -0.05) is 18.2 Å². The number of carboxylic acids is 1. The Morgan fingerprint density at radius 1 is 1.30 bits per heavy atom. The van der Waals surface area contributed by atoms with Gasteiger partial charge >= 0.3 is 0 Å². The van der Waals surface area contributed by atoms with Crippen LogP contribution in [0.4, 0.5) is 5.69 Å². The molecular formula is C20H23N3O4. The number of carboxylic acid groups (broad SMARTS) is 1. The van der Waals surface area contributed by atoms with Crippen LogP contribution in [-0.4, -0.2) is 45.6 Å². The number of nitrogens with zero attached hydrogens (tertiary/aromatic N) is 1. The number of carbonyl (C=O) groups is 1. The fraction of sp³-hybridized carbons (Fsp3) is 0.300. The minimum Gasteiger partial charge on any atom is -0.545 e. The van der Waals surface area contributed by atoms with Gasteiger partial charge in [0.1, 0.15) is 25.4 Å². The minimum atomic E-state index is -1.24. The molecule has 0 aromatic heterocycles. The second kappa shape index (κ2) is 9.16. The quantitative estimate of drug-likeness (QED) is 0.527. The summed E-state index contributed by atoms with van der Waals surface area (Å²) in [5, 5.41) is 15.3. The largest absolute Gasteiger partial charge is 0.545 e. The van der Waals surface area contributed by atoms with Crippen LogP contribution in [0.25, 0.3) is 0 Å². The number of hydrazone groups is 1. The highest BCUT2D eigenvalue weighted by molar-refractivity contribution is 5.93. The number of para-hydroxylation sites is 1. The number of nitrogens with one attached hydrogen (secondary N) is 2. The fourth-order valence-electron chi connectivity index (χ4n) is 3.06. The molecule has 1 heterocycles. The number of hydrogen-bond acceptors (Lipinski definition) is 6. The average Bonchev–Trinajstić information content (AvgIpc) is 2.69. The third kappa shape index (κ3) is 5.06. The van der Waals surface area contributed by atoms with Gasteiger partial charge in [0.05, 0.1) is 38.2 Å². The summed E-state index contributed by atoms with van der Waals surface area (Å²) < 4.78 is 10.9. The van der Waals surface area contributed by atoms with Gasteiger partial charge in [0, 0.05) is 11.1 Å². The SMILES string of the molecule is COc1ccc(/C=N/Nc2ccccc2C(=O)[O-])cc1C[NH+]1CCOCC1. The summed E-state index contributed by atoms with van der Waals surface area (Å²) >= 11 is 0. The maximum atomic E-state index is 11.1. The highest BCUT2D eigenvalue weighted by Gasteiger charge is 2.16. The third-order valence-electron chi connectivity index (χ3n) is 4.49. The molecule has 142 valence electrons. The normalized spacial score (nSPS) is 15.0. The molecule has 1 aliphatic rings. The Morgan fingerprint density at radius 3 is 2.81 bits per heavy atom. The summed E-state index contributed by atoms with van der Waals surface area (Å²) in [6, 6.07) is 12.4. The van der Waals surface area contributed by atoms with E-state index in [-0.39, 0.29) is 5.56 Å². The van der Waals surface area contributed by atoms with E-state index in [1.165, 1.54) is 11.0 Å². The van der Waals surface area contributed by atoms with Crippen LogP contribution in [0.2, 0.25) is 0 Å². The van der Waals surface area contributed by atoms with E-state index in [2.05, 4.69) is 10.5 Å². The Morgan fingerprint density at radius 2 is 2.07 bits per heavy atom. The first kappa shape index (κ1) is 18.9. The van der Waals surface area contributed by atoms with E-state index >= 15 is 0 Å². The van der Waals surface area contributed by atoms with Crippen molar-refractivity contribution in [2.24, 2.45) is 5.10 Å². The lowest BCUT2D eigenvalue weighted by Crippen LogP contribution is -3.12. The molecule has 7 heteroatoms. The van der Waals surface area contributed by atoms with Crippen molar-refractivity contribution in [3.8, 4) is 5.75 Å². The van der Waals surface area contributed by atoms with Gasteiger partial charge in [-0.05, 0) is 29.8 Å². The Labute approximate surface area is 158 Å². The summed E-state index contributed by atoms with van der Waals surface area (Å²) in [5.74, 6) is -0.394. The van der Waals surface area contributed by atoms with Crippen LogP contribution in [-0.2, 0) is 11.3 Å². The Balaban J connectivity index is 1.72. The second-order valence-electron chi connectivity index (χ2n) is 6.31. The van der Waals surface area contributed by atoms with Crippen molar-refractivity contribution in [3.05, 3.63) is 59.2 Å². The molecule has 2 aromatic carbocycles. The van der Waals surface area contributed by atoms with E-state index in [4.69, 9.17) is 9.47 Å². The molecule has 1 aliphatic heterocycles. The molecule has 2 N–H and O–H groups in total. The van der Waals surface area contributed by atoms with Crippen LogP contribution in [0.15, 0.2) is 47.6 Å². The summed E-state index contributed by atoms with van der Waals surface area (Å²) in [7, 11) is 1.67. The lowest BCUT2D eigenvalue weighted by molar-refractivity contribution is -0.921. The van der Waals surface area contributed by atoms with E-state index in [1.807, 2.05) is 18.2 Å². The Kier molecular flexibility index (Phi) is 6.40. The van der Waals surface area contributed by atoms with Gasteiger partial charge in [0.2, 0.25) is 0 Å². The van der Waals surface area contributed by atoms with E-state index in [0.29, 0.717) is 5.69 Å². The zero-order valence-electron chi connectivity index (χ0n) is 15.2. The molecule has 2 aromatic rings. The van der Waals surface area contributed by atoms with Gasteiger partial charge in [-0.3, -0.25) is 5.43 Å². The molecule has 0 amide bonds. The molecule has 0 aliphatic carbocycles.